The van der Waals surface area contributed by atoms with Crippen molar-refractivity contribution in [2.75, 3.05) is 39.6 Å². The average molecular weight is 450 g/mol. The van der Waals surface area contributed by atoms with E-state index in [-0.39, 0.29) is 5.75 Å². The molecule has 3 heterocycles. The molecule has 7 heteroatoms. The first kappa shape index (κ1) is 25.7. The lowest BCUT2D eigenvalue weighted by molar-refractivity contribution is 0.234. The van der Waals surface area contributed by atoms with Crippen molar-refractivity contribution in [3.05, 3.63) is 90.4 Å². The van der Waals surface area contributed by atoms with Crippen molar-refractivity contribution in [3.8, 4) is 5.75 Å². The van der Waals surface area contributed by atoms with E-state index in [1.165, 1.54) is 25.1 Å². The minimum Gasteiger partial charge on any atom is -0.507 e. The van der Waals surface area contributed by atoms with Gasteiger partial charge in [0.15, 0.2) is 0 Å². The van der Waals surface area contributed by atoms with Crippen molar-refractivity contribution in [3.63, 3.8) is 0 Å². The maximum absolute atomic E-state index is 9.62. The molecular formula is C26H35N5O2. The molecule has 1 saturated heterocycles. The van der Waals surface area contributed by atoms with Crippen LogP contribution < -0.4 is 11.5 Å². The van der Waals surface area contributed by atoms with Gasteiger partial charge in [-0.25, -0.2) is 0 Å². The third-order valence-electron chi connectivity index (χ3n) is 5.17. The number of rotatable bonds is 5. The first-order valence-corrected chi connectivity index (χ1v) is 10.8. The molecular weight excluding hydrogens is 414 g/mol. The molecule has 0 amide bonds. The van der Waals surface area contributed by atoms with E-state index in [1.807, 2.05) is 30.6 Å². The van der Waals surface area contributed by atoms with E-state index in [1.54, 1.807) is 43.7 Å². The minimum atomic E-state index is 0.158. The van der Waals surface area contributed by atoms with Crippen molar-refractivity contribution in [2.24, 2.45) is 5.73 Å². The third-order valence-corrected chi connectivity index (χ3v) is 5.17. The summed E-state index contributed by atoms with van der Waals surface area (Å²) < 4.78 is 4.57. The standard InChI is InChI=1S/C12H13N3O.C10H14N2.C4H8O/c13-10(7-8-5-6-15-12(8)14)9-3-1-2-4-11(9)16;1-12-6-4-10(8-12)9-3-2-5-11-7-9;1-3-4-5-2/h1-7,15-16H,13-14H2;2-3,5,7,10H,4,6,8H2,1H3;3H,1,4H2,2H3/b10-7-;;/t;10-;/m.1./s1. The summed E-state index contributed by atoms with van der Waals surface area (Å²) in [5.41, 5.74) is 14.8. The lowest BCUT2D eigenvalue weighted by Crippen LogP contribution is -2.13. The number of anilines is 1. The van der Waals surface area contributed by atoms with Gasteiger partial charge in [0.1, 0.15) is 11.6 Å². The van der Waals surface area contributed by atoms with E-state index in [9.17, 15) is 5.11 Å². The molecule has 4 rings (SSSR count). The van der Waals surface area contributed by atoms with Crippen LogP contribution in [-0.4, -0.2) is 53.8 Å². The van der Waals surface area contributed by atoms with Crippen molar-refractivity contribution < 1.29 is 9.84 Å². The number of H-pyrrole nitrogens is 1. The molecule has 0 saturated carbocycles. The van der Waals surface area contributed by atoms with E-state index >= 15 is 0 Å². The van der Waals surface area contributed by atoms with Gasteiger partial charge >= 0.3 is 0 Å². The number of methoxy groups -OCH3 is 1. The highest BCUT2D eigenvalue weighted by molar-refractivity contribution is 5.84. The Morgan fingerprint density at radius 1 is 1.30 bits per heavy atom. The highest BCUT2D eigenvalue weighted by Gasteiger charge is 2.20. The summed E-state index contributed by atoms with van der Waals surface area (Å²) in [6.07, 6.45) is 10.3. The number of nitrogens with one attached hydrogen (secondary N) is 1. The van der Waals surface area contributed by atoms with Gasteiger partial charge in [-0.3, -0.25) is 4.98 Å². The Morgan fingerprint density at radius 2 is 2.09 bits per heavy atom. The molecule has 1 atom stereocenters. The molecule has 0 spiro atoms. The number of phenols is 1. The summed E-state index contributed by atoms with van der Waals surface area (Å²) in [5.74, 6) is 1.42. The molecule has 33 heavy (non-hydrogen) atoms. The van der Waals surface area contributed by atoms with Crippen molar-refractivity contribution in [1.82, 2.24) is 14.9 Å². The number of phenolic OH excluding ortho intramolecular Hbond substituents is 1. The number of nitrogens with zero attached hydrogens (tertiary/aromatic N) is 2. The molecule has 0 unspecified atom stereocenters. The second kappa shape index (κ2) is 13.8. The molecule has 2 aromatic heterocycles. The van der Waals surface area contributed by atoms with Gasteiger partial charge in [0.05, 0.1) is 6.61 Å². The van der Waals surface area contributed by atoms with Crippen LogP contribution in [0.15, 0.2) is 73.7 Å². The summed E-state index contributed by atoms with van der Waals surface area (Å²) in [6, 6.07) is 12.9. The second-order valence-corrected chi connectivity index (χ2v) is 7.74. The van der Waals surface area contributed by atoms with Crippen LogP contribution in [-0.2, 0) is 4.74 Å². The molecule has 1 fully saturated rings. The van der Waals surface area contributed by atoms with Crippen LogP contribution in [0.5, 0.6) is 5.75 Å². The lowest BCUT2D eigenvalue weighted by Gasteiger charge is -2.09. The molecule has 0 radical (unpaired) electrons. The van der Waals surface area contributed by atoms with Gasteiger partial charge < -0.3 is 31.2 Å². The van der Waals surface area contributed by atoms with E-state index in [0.29, 0.717) is 29.6 Å². The van der Waals surface area contributed by atoms with Crippen LogP contribution in [0.2, 0.25) is 0 Å². The number of aromatic nitrogens is 2. The van der Waals surface area contributed by atoms with Crippen molar-refractivity contribution in [2.45, 2.75) is 12.3 Å². The first-order valence-electron chi connectivity index (χ1n) is 10.8. The number of hydrogen-bond acceptors (Lipinski definition) is 6. The van der Waals surface area contributed by atoms with Crippen LogP contribution in [0.25, 0.3) is 11.8 Å². The monoisotopic (exact) mass is 449 g/mol. The Balaban J connectivity index is 0.000000200. The van der Waals surface area contributed by atoms with Gasteiger partial charge in [0, 0.05) is 49.1 Å². The molecule has 176 valence electrons. The molecule has 0 aliphatic carbocycles. The number of likely N-dealkylation sites (N-methyl/N-ethyl adjacent to an activating group) is 1. The van der Waals surface area contributed by atoms with Gasteiger partial charge in [-0.2, -0.15) is 0 Å². The van der Waals surface area contributed by atoms with E-state index in [2.05, 4.69) is 39.3 Å². The Kier molecular flexibility index (Phi) is 10.7. The van der Waals surface area contributed by atoms with Crippen LogP contribution in [0.4, 0.5) is 5.82 Å². The zero-order chi connectivity index (χ0) is 24.1. The highest BCUT2D eigenvalue weighted by Crippen LogP contribution is 2.25. The summed E-state index contributed by atoms with van der Waals surface area (Å²) in [6.45, 7) is 6.49. The third kappa shape index (κ3) is 8.48. The number of benzene rings is 1. The van der Waals surface area contributed by atoms with Crippen LogP contribution in [0, 0.1) is 0 Å². The zero-order valence-electron chi connectivity index (χ0n) is 19.4. The average Bonchev–Trinajstić information content (AvgIpc) is 3.44. The van der Waals surface area contributed by atoms with Crippen molar-refractivity contribution >= 4 is 17.6 Å². The number of likely N-dealkylation sites (tertiary alicyclic amines) is 1. The Labute approximate surface area is 196 Å². The number of aromatic hydroxyl groups is 1. The number of nitrogen functional groups attached to an aromatic ring is 1. The van der Waals surface area contributed by atoms with Gasteiger partial charge in [0.2, 0.25) is 0 Å². The van der Waals surface area contributed by atoms with Crippen molar-refractivity contribution in [1.29, 1.82) is 0 Å². The van der Waals surface area contributed by atoms with Crippen LogP contribution in [0.3, 0.4) is 0 Å². The Bertz CT molecular complexity index is 1000. The normalized spacial score (nSPS) is 15.7. The maximum atomic E-state index is 9.62. The number of nitrogens with two attached hydrogens (primary N) is 2. The van der Waals surface area contributed by atoms with Crippen LogP contribution >= 0.6 is 0 Å². The number of ether oxygens (including phenoxy) is 1. The van der Waals surface area contributed by atoms with E-state index < -0.39 is 0 Å². The fourth-order valence-electron chi connectivity index (χ4n) is 3.43. The smallest absolute Gasteiger partial charge is 0.124 e. The Hall–Kier alpha value is -3.55. The van der Waals surface area contributed by atoms with Gasteiger partial charge in [-0.1, -0.05) is 24.3 Å². The predicted molar refractivity (Wildman–Crippen MR) is 137 cm³/mol. The highest BCUT2D eigenvalue weighted by atomic mass is 16.5. The largest absolute Gasteiger partial charge is 0.507 e. The zero-order valence-corrected chi connectivity index (χ0v) is 19.4. The summed E-state index contributed by atoms with van der Waals surface area (Å²) in [5, 5.41) is 9.62. The molecule has 6 N–H and O–H groups in total. The number of aromatic amines is 1. The molecule has 1 aliphatic rings. The fourth-order valence-corrected chi connectivity index (χ4v) is 3.43. The number of hydrogen-bond donors (Lipinski definition) is 4. The SMILES string of the molecule is C=CCOC.CN1CC[C@@H](c2cccnc2)C1.N/C(=C\c1cc[nH]c1N)c1ccccc1O. The van der Waals surface area contributed by atoms with Gasteiger partial charge in [-0.05, 0) is 61.8 Å². The van der Waals surface area contributed by atoms with Crippen LogP contribution in [0.1, 0.15) is 29.0 Å². The molecule has 7 nitrogen and oxygen atoms in total. The van der Waals surface area contributed by atoms with E-state index in [0.717, 1.165) is 5.56 Å². The number of para-hydroxylation sites is 1. The predicted octanol–water partition coefficient (Wildman–Crippen LogP) is 4.08. The summed E-state index contributed by atoms with van der Waals surface area (Å²) in [7, 11) is 3.82. The number of pyridine rings is 1. The lowest BCUT2D eigenvalue weighted by atomic mass is 10.0. The molecule has 3 aromatic rings. The summed E-state index contributed by atoms with van der Waals surface area (Å²) >= 11 is 0. The van der Waals surface area contributed by atoms with Gasteiger partial charge in [-0.15, -0.1) is 6.58 Å². The van der Waals surface area contributed by atoms with E-state index in [4.69, 9.17) is 11.5 Å². The second-order valence-electron chi connectivity index (χ2n) is 7.74. The molecule has 1 aromatic carbocycles. The minimum absolute atomic E-state index is 0.158. The topological polar surface area (TPSA) is 113 Å². The molecule has 0 bridgehead atoms. The first-order chi connectivity index (χ1) is 16.0. The quantitative estimate of drug-likeness (QED) is 0.437. The Morgan fingerprint density at radius 3 is 2.61 bits per heavy atom. The summed E-state index contributed by atoms with van der Waals surface area (Å²) in [4.78, 5) is 9.36. The molecule has 1 aliphatic heterocycles. The maximum Gasteiger partial charge on any atom is 0.124 e. The van der Waals surface area contributed by atoms with Gasteiger partial charge in [0.25, 0.3) is 0 Å². The fraction of sp³-hybridized carbons (Fsp3) is 0.269.